The Labute approximate surface area is 114 Å². The van der Waals surface area contributed by atoms with Crippen LogP contribution in [0.15, 0.2) is 18.2 Å². The molecule has 0 spiro atoms. The van der Waals surface area contributed by atoms with Crippen LogP contribution in [0.25, 0.3) is 0 Å². The van der Waals surface area contributed by atoms with Gasteiger partial charge in [-0.2, -0.15) is 0 Å². The minimum atomic E-state index is -0.0519. The van der Waals surface area contributed by atoms with Gasteiger partial charge in [0.05, 0.1) is 5.54 Å². The molecule has 1 aromatic rings. The lowest BCUT2D eigenvalue weighted by atomic mass is 10.1. The lowest BCUT2D eigenvalue weighted by molar-refractivity contribution is 0.0935. The molecule has 1 saturated carbocycles. The SMILES string of the molecule is O=C(NC1(CBr)CC1)c1ccc2c(c1)OCCO2. The summed E-state index contributed by atoms with van der Waals surface area (Å²) in [5.74, 6) is 1.31. The normalized spacial score (nSPS) is 19.2. The molecule has 0 unspecified atom stereocenters. The number of nitrogens with one attached hydrogen (secondary N) is 1. The van der Waals surface area contributed by atoms with E-state index in [1.54, 1.807) is 18.2 Å². The summed E-state index contributed by atoms with van der Waals surface area (Å²) in [5, 5.41) is 3.86. The van der Waals surface area contributed by atoms with Crippen LogP contribution in [0.3, 0.4) is 0 Å². The zero-order valence-electron chi connectivity index (χ0n) is 9.87. The van der Waals surface area contributed by atoms with Gasteiger partial charge in [0.15, 0.2) is 11.5 Å². The molecule has 4 nitrogen and oxygen atoms in total. The fraction of sp³-hybridized carbons (Fsp3) is 0.462. The molecule has 0 radical (unpaired) electrons. The van der Waals surface area contributed by atoms with Crippen molar-refractivity contribution in [1.82, 2.24) is 5.32 Å². The van der Waals surface area contributed by atoms with Gasteiger partial charge in [-0.25, -0.2) is 0 Å². The van der Waals surface area contributed by atoms with Crippen LogP contribution < -0.4 is 14.8 Å². The number of carbonyl (C=O) groups excluding carboxylic acids is 1. The molecule has 96 valence electrons. The van der Waals surface area contributed by atoms with Gasteiger partial charge in [0.2, 0.25) is 0 Å². The van der Waals surface area contributed by atoms with E-state index in [1.165, 1.54) is 0 Å². The van der Waals surface area contributed by atoms with Crippen molar-refractivity contribution in [3.63, 3.8) is 0 Å². The van der Waals surface area contributed by atoms with Crippen LogP contribution in [-0.4, -0.2) is 30.0 Å². The first-order chi connectivity index (χ1) is 8.72. The van der Waals surface area contributed by atoms with Crippen molar-refractivity contribution in [2.24, 2.45) is 0 Å². The monoisotopic (exact) mass is 311 g/mol. The van der Waals surface area contributed by atoms with Gasteiger partial charge in [0, 0.05) is 10.9 Å². The van der Waals surface area contributed by atoms with Crippen molar-refractivity contribution < 1.29 is 14.3 Å². The molecule has 18 heavy (non-hydrogen) atoms. The Morgan fingerprint density at radius 3 is 2.67 bits per heavy atom. The average molecular weight is 312 g/mol. The highest BCUT2D eigenvalue weighted by Crippen LogP contribution is 2.37. The molecule has 0 atom stereocenters. The first-order valence-corrected chi connectivity index (χ1v) is 7.13. The molecular weight excluding hydrogens is 298 g/mol. The van der Waals surface area contributed by atoms with Crippen LogP contribution in [0.5, 0.6) is 11.5 Å². The van der Waals surface area contributed by atoms with Crippen LogP contribution in [-0.2, 0) is 0 Å². The van der Waals surface area contributed by atoms with Crippen molar-refractivity contribution in [3.8, 4) is 11.5 Å². The van der Waals surface area contributed by atoms with Crippen molar-refractivity contribution in [1.29, 1.82) is 0 Å². The van der Waals surface area contributed by atoms with Gasteiger partial charge in [-0.05, 0) is 31.0 Å². The highest BCUT2D eigenvalue weighted by Gasteiger charge is 2.43. The van der Waals surface area contributed by atoms with Crippen molar-refractivity contribution in [2.45, 2.75) is 18.4 Å². The number of benzene rings is 1. The third kappa shape index (κ3) is 2.19. The number of amides is 1. The van der Waals surface area contributed by atoms with Gasteiger partial charge < -0.3 is 14.8 Å². The highest BCUT2D eigenvalue weighted by atomic mass is 79.9. The lowest BCUT2D eigenvalue weighted by Gasteiger charge is -2.19. The number of carbonyl (C=O) groups is 1. The van der Waals surface area contributed by atoms with E-state index in [2.05, 4.69) is 21.2 Å². The Hall–Kier alpha value is -1.23. The van der Waals surface area contributed by atoms with E-state index in [-0.39, 0.29) is 11.4 Å². The molecule has 5 heteroatoms. The van der Waals surface area contributed by atoms with E-state index >= 15 is 0 Å². The first-order valence-electron chi connectivity index (χ1n) is 6.01. The molecular formula is C13H14BrNO3. The first kappa shape index (κ1) is 11.8. The van der Waals surface area contributed by atoms with E-state index < -0.39 is 0 Å². The summed E-state index contributed by atoms with van der Waals surface area (Å²) in [7, 11) is 0. The second-order valence-electron chi connectivity index (χ2n) is 4.73. The second-order valence-corrected chi connectivity index (χ2v) is 5.29. The largest absolute Gasteiger partial charge is 0.486 e. The molecule has 1 aliphatic heterocycles. The van der Waals surface area contributed by atoms with E-state index in [9.17, 15) is 4.79 Å². The maximum absolute atomic E-state index is 12.1. The predicted octanol–water partition coefficient (Wildman–Crippen LogP) is 2.12. The Bertz CT molecular complexity index is 485. The summed E-state index contributed by atoms with van der Waals surface area (Å²) in [6, 6.07) is 5.30. The minimum absolute atomic E-state index is 0.0374. The maximum atomic E-state index is 12.1. The quantitative estimate of drug-likeness (QED) is 0.870. The fourth-order valence-corrected chi connectivity index (χ4v) is 2.64. The zero-order chi connectivity index (χ0) is 12.6. The Balaban J connectivity index is 1.77. The molecule has 0 bridgehead atoms. The van der Waals surface area contributed by atoms with Crippen LogP contribution in [0.1, 0.15) is 23.2 Å². The van der Waals surface area contributed by atoms with E-state index in [0.29, 0.717) is 30.3 Å². The van der Waals surface area contributed by atoms with E-state index in [0.717, 1.165) is 18.2 Å². The molecule has 1 N–H and O–H groups in total. The minimum Gasteiger partial charge on any atom is -0.486 e. The summed E-state index contributed by atoms with van der Waals surface area (Å²) < 4.78 is 10.9. The number of rotatable bonds is 3. The molecule has 1 heterocycles. The van der Waals surface area contributed by atoms with Crippen LogP contribution in [0.2, 0.25) is 0 Å². The molecule has 1 aliphatic carbocycles. The van der Waals surface area contributed by atoms with Crippen LogP contribution >= 0.6 is 15.9 Å². The summed E-state index contributed by atoms with van der Waals surface area (Å²) in [6.07, 6.45) is 2.07. The van der Waals surface area contributed by atoms with Gasteiger partial charge in [-0.3, -0.25) is 4.79 Å². The molecule has 3 rings (SSSR count). The molecule has 1 fully saturated rings. The molecule has 2 aliphatic rings. The summed E-state index contributed by atoms with van der Waals surface area (Å²) in [4.78, 5) is 12.1. The van der Waals surface area contributed by atoms with E-state index in [1.807, 2.05) is 0 Å². The topological polar surface area (TPSA) is 47.6 Å². The van der Waals surface area contributed by atoms with Gasteiger partial charge in [-0.15, -0.1) is 0 Å². The number of halogens is 1. The summed E-state index contributed by atoms with van der Waals surface area (Å²) in [6.45, 7) is 1.09. The standard InChI is InChI=1S/C13H14BrNO3/c14-8-13(3-4-13)15-12(16)9-1-2-10-11(7-9)18-6-5-17-10/h1-2,7H,3-6,8H2,(H,15,16). The third-order valence-corrected chi connectivity index (χ3v) is 4.37. The highest BCUT2D eigenvalue weighted by molar-refractivity contribution is 9.09. The average Bonchev–Trinajstić information content (AvgIpc) is 3.18. The van der Waals surface area contributed by atoms with Crippen molar-refractivity contribution >= 4 is 21.8 Å². The van der Waals surface area contributed by atoms with Gasteiger partial charge in [-0.1, -0.05) is 15.9 Å². The molecule has 0 saturated heterocycles. The Morgan fingerprint density at radius 2 is 2.00 bits per heavy atom. The van der Waals surface area contributed by atoms with Gasteiger partial charge in [0.25, 0.3) is 5.91 Å². The number of hydrogen-bond donors (Lipinski definition) is 1. The number of fused-ring (bicyclic) bond motifs is 1. The van der Waals surface area contributed by atoms with Crippen LogP contribution in [0, 0.1) is 0 Å². The van der Waals surface area contributed by atoms with E-state index in [4.69, 9.17) is 9.47 Å². The fourth-order valence-electron chi connectivity index (χ4n) is 1.94. The van der Waals surface area contributed by atoms with Crippen molar-refractivity contribution in [2.75, 3.05) is 18.5 Å². The Kier molecular flexibility index (Phi) is 2.93. The number of ether oxygens (including phenoxy) is 2. The number of hydrogen-bond acceptors (Lipinski definition) is 3. The van der Waals surface area contributed by atoms with Crippen molar-refractivity contribution in [3.05, 3.63) is 23.8 Å². The predicted molar refractivity (Wildman–Crippen MR) is 70.7 cm³/mol. The van der Waals surface area contributed by atoms with Gasteiger partial charge >= 0.3 is 0 Å². The lowest BCUT2D eigenvalue weighted by Crippen LogP contribution is -2.38. The third-order valence-electron chi connectivity index (χ3n) is 3.29. The molecule has 1 amide bonds. The molecule has 1 aromatic carbocycles. The zero-order valence-corrected chi connectivity index (χ0v) is 11.5. The Morgan fingerprint density at radius 1 is 1.28 bits per heavy atom. The van der Waals surface area contributed by atoms with Gasteiger partial charge in [0.1, 0.15) is 13.2 Å². The summed E-state index contributed by atoms with van der Waals surface area (Å²) >= 11 is 3.44. The second kappa shape index (κ2) is 4.46. The number of alkyl halides is 1. The molecule has 0 aromatic heterocycles. The summed E-state index contributed by atoms with van der Waals surface area (Å²) in [5.41, 5.74) is 0.580. The van der Waals surface area contributed by atoms with Crippen LogP contribution in [0.4, 0.5) is 0 Å². The smallest absolute Gasteiger partial charge is 0.251 e. The maximum Gasteiger partial charge on any atom is 0.251 e.